The fraction of sp³-hybridized carbons (Fsp3) is 0. The standard InChI is InChI=1S/C21H15N3O/c22-14-16-6-8-17(9-7-16)15-23-24-21(25)20-12-10-19(11-13-20)18-4-2-1-3-5-18/h1-13,15H,(H,24,25)/b23-15-. The normalized spacial score (nSPS) is 10.4. The summed E-state index contributed by atoms with van der Waals surface area (Å²) in [6, 6.07) is 26.3. The predicted molar refractivity (Wildman–Crippen MR) is 98.1 cm³/mol. The number of benzene rings is 3. The number of hydrogen-bond donors (Lipinski definition) is 1. The number of nitrogens with zero attached hydrogens (tertiary/aromatic N) is 2. The Morgan fingerprint density at radius 3 is 2.16 bits per heavy atom. The Balaban J connectivity index is 1.63. The lowest BCUT2D eigenvalue weighted by Crippen LogP contribution is -2.17. The van der Waals surface area contributed by atoms with Gasteiger partial charge in [-0.25, -0.2) is 5.43 Å². The van der Waals surface area contributed by atoms with Crippen molar-refractivity contribution in [3.63, 3.8) is 0 Å². The highest BCUT2D eigenvalue weighted by Gasteiger charge is 2.04. The maximum Gasteiger partial charge on any atom is 0.271 e. The predicted octanol–water partition coefficient (Wildman–Crippen LogP) is 3.99. The summed E-state index contributed by atoms with van der Waals surface area (Å²) < 4.78 is 0. The van der Waals surface area contributed by atoms with Gasteiger partial charge >= 0.3 is 0 Å². The largest absolute Gasteiger partial charge is 0.271 e. The van der Waals surface area contributed by atoms with E-state index in [-0.39, 0.29) is 5.91 Å². The number of hydrogen-bond acceptors (Lipinski definition) is 3. The van der Waals surface area contributed by atoms with E-state index in [0.29, 0.717) is 11.1 Å². The highest BCUT2D eigenvalue weighted by Crippen LogP contribution is 2.19. The SMILES string of the molecule is N#Cc1ccc(/C=N\NC(=O)c2ccc(-c3ccccc3)cc2)cc1. The molecular weight excluding hydrogens is 310 g/mol. The summed E-state index contributed by atoms with van der Waals surface area (Å²) in [5, 5.41) is 12.7. The van der Waals surface area contributed by atoms with Gasteiger partial charge in [-0.05, 0) is 41.0 Å². The van der Waals surface area contributed by atoms with Gasteiger partial charge in [0.1, 0.15) is 0 Å². The first-order chi connectivity index (χ1) is 12.3. The Bertz CT molecular complexity index is 922. The van der Waals surface area contributed by atoms with Crippen LogP contribution in [-0.4, -0.2) is 12.1 Å². The second-order valence-corrected chi connectivity index (χ2v) is 5.38. The van der Waals surface area contributed by atoms with Crippen LogP contribution in [-0.2, 0) is 0 Å². The zero-order chi connectivity index (χ0) is 17.5. The molecule has 0 spiro atoms. The van der Waals surface area contributed by atoms with E-state index in [1.807, 2.05) is 42.5 Å². The number of nitrogens with one attached hydrogen (secondary N) is 1. The Kier molecular flexibility index (Phi) is 4.98. The van der Waals surface area contributed by atoms with Gasteiger partial charge in [-0.1, -0.05) is 54.6 Å². The molecule has 4 heteroatoms. The molecule has 0 saturated carbocycles. The number of nitriles is 1. The van der Waals surface area contributed by atoms with Crippen molar-refractivity contribution in [1.29, 1.82) is 5.26 Å². The van der Waals surface area contributed by atoms with E-state index in [1.54, 1.807) is 36.4 Å². The van der Waals surface area contributed by atoms with Crippen molar-refractivity contribution in [1.82, 2.24) is 5.43 Å². The molecule has 0 unspecified atom stereocenters. The second kappa shape index (κ2) is 7.71. The first kappa shape index (κ1) is 16.2. The van der Waals surface area contributed by atoms with Crippen LogP contribution in [0.3, 0.4) is 0 Å². The van der Waals surface area contributed by atoms with Crippen molar-refractivity contribution >= 4 is 12.1 Å². The second-order valence-electron chi connectivity index (χ2n) is 5.38. The van der Waals surface area contributed by atoms with Crippen LogP contribution in [0.4, 0.5) is 0 Å². The molecule has 0 radical (unpaired) electrons. The number of hydrazone groups is 1. The molecule has 3 rings (SSSR count). The number of rotatable bonds is 4. The van der Waals surface area contributed by atoms with E-state index in [9.17, 15) is 4.79 Å². The summed E-state index contributed by atoms with van der Waals surface area (Å²) in [7, 11) is 0. The third kappa shape index (κ3) is 4.18. The summed E-state index contributed by atoms with van der Waals surface area (Å²) in [6.45, 7) is 0. The van der Waals surface area contributed by atoms with Gasteiger partial charge in [0, 0.05) is 5.56 Å². The zero-order valence-corrected chi connectivity index (χ0v) is 13.4. The molecule has 3 aromatic rings. The fourth-order valence-electron chi connectivity index (χ4n) is 2.32. The first-order valence-electron chi connectivity index (χ1n) is 7.75. The molecule has 0 aliphatic carbocycles. The average Bonchev–Trinajstić information content (AvgIpc) is 2.69. The van der Waals surface area contributed by atoms with Gasteiger partial charge in [-0.15, -0.1) is 0 Å². The van der Waals surface area contributed by atoms with Crippen molar-refractivity contribution in [2.45, 2.75) is 0 Å². The lowest BCUT2D eigenvalue weighted by molar-refractivity contribution is 0.0955. The molecule has 0 fully saturated rings. The van der Waals surface area contributed by atoms with Crippen molar-refractivity contribution < 1.29 is 4.79 Å². The monoisotopic (exact) mass is 325 g/mol. The van der Waals surface area contributed by atoms with Gasteiger partial charge in [0.05, 0.1) is 17.8 Å². The summed E-state index contributed by atoms with van der Waals surface area (Å²) in [4.78, 5) is 12.1. The maximum atomic E-state index is 12.1. The van der Waals surface area contributed by atoms with Gasteiger partial charge in [-0.2, -0.15) is 10.4 Å². The number of carbonyl (C=O) groups excluding carboxylic acids is 1. The Morgan fingerprint density at radius 1 is 0.880 bits per heavy atom. The van der Waals surface area contributed by atoms with Gasteiger partial charge in [0.15, 0.2) is 0 Å². The van der Waals surface area contributed by atoms with Crippen LogP contribution in [0, 0.1) is 11.3 Å². The van der Waals surface area contributed by atoms with E-state index < -0.39 is 0 Å². The van der Waals surface area contributed by atoms with Crippen LogP contribution >= 0.6 is 0 Å². The molecule has 25 heavy (non-hydrogen) atoms. The highest BCUT2D eigenvalue weighted by molar-refractivity contribution is 5.95. The lowest BCUT2D eigenvalue weighted by atomic mass is 10.0. The summed E-state index contributed by atoms with van der Waals surface area (Å²) in [5.41, 5.74) is 6.59. The first-order valence-corrected chi connectivity index (χ1v) is 7.75. The Hall–Kier alpha value is -3.71. The summed E-state index contributed by atoms with van der Waals surface area (Å²) in [5.74, 6) is -0.274. The van der Waals surface area contributed by atoms with Crippen LogP contribution in [0.25, 0.3) is 11.1 Å². The van der Waals surface area contributed by atoms with E-state index in [0.717, 1.165) is 16.7 Å². The topological polar surface area (TPSA) is 65.2 Å². The zero-order valence-electron chi connectivity index (χ0n) is 13.4. The van der Waals surface area contributed by atoms with E-state index in [1.165, 1.54) is 6.21 Å². The minimum Gasteiger partial charge on any atom is -0.267 e. The summed E-state index contributed by atoms with van der Waals surface area (Å²) in [6.07, 6.45) is 1.54. The van der Waals surface area contributed by atoms with Crippen molar-refractivity contribution in [2.24, 2.45) is 5.10 Å². The molecule has 0 aliphatic rings. The molecule has 0 aliphatic heterocycles. The molecule has 4 nitrogen and oxygen atoms in total. The summed E-state index contributed by atoms with van der Waals surface area (Å²) >= 11 is 0. The van der Waals surface area contributed by atoms with E-state index in [2.05, 4.69) is 16.6 Å². The Labute approximate surface area is 146 Å². The van der Waals surface area contributed by atoms with Crippen molar-refractivity contribution in [3.8, 4) is 17.2 Å². The average molecular weight is 325 g/mol. The number of carbonyl (C=O) groups is 1. The third-order valence-corrected chi connectivity index (χ3v) is 3.67. The molecule has 0 aromatic heterocycles. The van der Waals surface area contributed by atoms with Crippen LogP contribution < -0.4 is 5.43 Å². The lowest BCUT2D eigenvalue weighted by Gasteiger charge is -2.03. The molecular formula is C21H15N3O. The van der Waals surface area contributed by atoms with Crippen molar-refractivity contribution in [2.75, 3.05) is 0 Å². The van der Waals surface area contributed by atoms with Gasteiger partial charge in [0.2, 0.25) is 0 Å². The quantitative estimate of drug-likeness (QED) is 0.582. The minimum atomic E-state index is -0.274. The van der Waals surface area contributed by atoms with Gasteiger partial charge < -0.3 is 0 Å². The fourth-order valence-corrected chi connectivity index (χ4v) is 2.32. The molecule has 120 valence electrons. The maximum absolute atomic E-state index is 12.1. The molecule has 1 amide bonds. The van der Waals surface area contributed by atoms with Crippen molar-refractivity contribution in [3.05, 3.63) is 95.6 Å². The van der Waals surface area contributed by atoms with Crippen LogP contribution in [0.15, 0.2) is 84.0 Å². The van der Waals surface area contributed by atoms with Gasteiger partial charge in [-0.3, -0.25) is 4.79 Å². The highest BCUT2D eigenvalue weighted by atomic mass is 16.2. The minimum absolute atomic E-state index is 0.274. The molecule has 0 bridgehead atoms. The number of amides is 1. The molecule has 0 heterocycles. The third-order valence-electron chi connectivity index (χ3n) is 3.67. The smallest absolute Gasteiger partial charge is 0.267 e. The molecule has 0 saturated heterocycles. The molecule has 1 N–H and O–H groups in total. The Morgan fingerprint density at radius 2 is 1.52 bits per heavy atom. The molecule has 0 atom stereocenters. The van der Waals surface area contributed by atoms with Crippen LogP contribution in [0.2, 0.25) is 0 Å². The molecule has 3 aromatic carbocycles. The van der Waals surface area contributed by atoms with E-state index in [4.69, 9.17) is 5.26 Å². The van der Waals surface area contributed by atoms with E-state index >= 15 is 0 Å². The van der Waals surface area contributed by atoms with Crippen LogP contribution in [0.5, 0.6) is 0 Å². The van der Waals surface area contributed by atoms with Gasteiger partial charge in [0.25, 0.3) is 5.91 Å². The van der Waals surface area contributed by atoms with Crippen LogP contribution in [0.1, 0.15) is 21.5 Å².